The number of aliphatic carboxylic acids is 1. The van der Waals surface area contributed by atoms with Crippen molar-refractivity contribution in [3.63, 3.8) is 0 Å². The minimum absolute atomic E-state index is 0.103. The number of aromatic nitrogens is 1. The quantitative estimate of drug-likeness (QED) is 0.873. The fourth-order valence-electron chi connectivity index (χ4n) is 3.12. The number of para-hydroxylation sites is 1. The number of amides is 1. The number of rotatable bonds is 5. The van der Waals surface area contributed by atoms with Crippen LogP contribution in [0.2, 0.25) is 0 Å². The van der Waals surface area contributed by atoms with Crippen LogP contribution in [0, 0.1) is 5.92 Å². The Morgan fingerprint density at radius 2 is 2.17 bits per heavy atom. The molecule has 2 heterocycles. The van der Waals surface area contributed by atoms with Gasteiger partial charge in [0.05, 0.1) is 18.5 Å². The normalized spacial score (nSPS) is 18.9. The lowest BCUT2D eigenvalue weighted by atomic mass is 9.93. The van der Waals surface area contributed by atoms with E-state index in [-0.39, 0.29) is 18.2 Å². The first kappa shape index (κ1) is 16.4. The Kier molecular flexibility index (Phi) is 5.05. The van der Waals surface area contributed by atoms with Crippen LogP contribution in [-0.2, 0) is 20.7 Å². The predicted molar refractivity (Wildman–Crippen MR) is 88.6 cm³/mol. The van der Waals surface area contributed by atoms with Crippen molar-refractivity contribution in [2.45, 2.75) is 25.3 Å². The molecule has 126 valence electrons. The van der Waals surface area contributed by atoms with Crippen LogP contribution in [0.4, 0.5) is 0 Å². The van der Waals surface area contributed by atoms with Gasteiger partial charge in [-0.15, -0.1) is 0 Å². The highest BCUT2D eigenvalue weighted by atomic mass is 16.5. The first-order valence-electron chi connectivity index (χ1n) is 8.07. The number of pyridine rings is 1. The third-order valence-electron chi connectivity index (χ3n) is 4.32. The number of carboxylic acid groups (broad SMARTS) is 1. The van der Waals surface area contributed by atoms with Gasteiger partial charge in [-0.25, -0.2) is 4.79 Å². The summed E-state index contributed by atoms with van der Waals surface area (Å²) in [6, 6.07) is 8.51. The largest absolute Gasteiger partial charge is 0.480 e. The number of nitrogens with zero attached hydrogens (tertiary/aromatic N) is 1. The Balaban J connectivity index is 1.72. The Hall–Kier alpha value is -2.47. The third-order valence-corrected chi connectivity index (χ3v) is 4.32. The lowest BCUT2D eigenvalue weighted by Crippen LogP contribution is -2.48. The van der Waals surface area contributed by atoms with Gasteiger partial charge in [0.25, 0.3) is 0 Å². The number of ether oxygens (including phenoxy) is 1. The van der Waals surface area contributed by atoms with Crippen LogP contribution in [0.1, 0.15) is 18.4 Å². The van der Waals surface area contributed by atoms with E-state index >= 15 is 0 Å². The second kappa shape index (κ2) is 7.40. The number of carboxylic acids is 1. The van der Waals surface area contributed by atoms with Gasteiger partial charge in [-0.1, -0.05) is 24.3 Å². The summed E-state index contributed by atoms with van der Waals surface area (Å²) in [5.74, 6) is -1.52. The average molecular weight is 328 g/mol. The summed E-state index contributed by atoms with van der Waals surface area (Å²) in [6.07, 6.45) is 3.35. The number of hydrogen-bond donors (Lipinski definition) is 2. The van der Waals surface area contributed by atoms with Gasteiger partial charge in [-0.2, -0.15) is 0 Å². The lowest BCUT2D eigenvalue weighted by Gasteiger charge is -2.28. The van der Waals surface area contributed by atoms with E-state index in [4.69, 9.17) is 4.74 Å². The molecule has 0 aliphatic carbocycles. The fraction of sp³-hybridized carbons (Fsp3) is 0.389. The van der Waals surface area contributed by atoms with E-state index in [1.807, 2.05) is 30.3 Å². The maximum Gasteiger partial charge on any atom is 0.326 e. The van der Waals surface area contributed by atoms with Gasteiger partial charge in [0.15, 0.2) is 0 Å². The van der Waals surface area contributed by atoms with Gasteiger partial charge in [0.1, 0.15) is 6.04 Å². The number of fused-ring (bicyclic) bond motifs is 1. The van der Waals surface area contributed by atoms with Crippen LogP contribution in [0.5, 0.6) is 0 Å². The minimum Gasteiger partial charge on any atom is -0.480 e. The van der Waals surface area contributed by atoms with Crippen molar-refractivity contribution < 1.29 is 19.4 Å². The van der Waals surface area contributed by atoms with Crippen LogP contribution in [-0.4, -0.2) is 41.2 Å². The van der Waals surface area contributed by atoms with Crippen molar-refractivity contribution in [3.8, 4) is 0 Å². The molecule has 1 aromatic carbocycles. The Labute approximate surface area is 139 Å². The van der Waals surface area contributed by atoms with Crippen molar-refractivity contribution in [1.29, 1.82) is 0 Å². The highest BCUT2D eigenvalue weighted by Crippen LogP contribution is 2.19. The summed E-state index contributed by atoms with van der Waals surface area (Å²) in [5, 5.41) is 13.0. The molecule has 0 saturated carbocycles. The molecule has 0 spiro atoms. The highest BCUT2D eigenvalue weighted by Gasteiger charge is 2.31. The second-order valence-corrected chi connectivity index (χ2v) is 6.03. The zero-order chi connectivity index (χ0) is 16.9. The third kappa shape index (κ3) is 3.71. The van der Waals surface area contributed by atoms with Gasteiger partial charge >= 0.3 is 5.97 Å². The monoisotopic (exact) mass is 328 g/mol. The number of benzene rings is 1. The predicted octanol–water partition coefficient (Wildman–Crippen LogP) is 1.77. The average Bonchev–Trinajstić information content (AvgIpc) is 2.60. The maximum absolute atomic E-state index is 12.4. The standard InChI is InChI=1S/C18H20N2O4/c21-15(20-17(18(22)23)14-7-3-9-24-11-14)10-13-5-1-4-12-6-2-8-19-16(12)13/h1-2,4-6,8,14,17H,3,7,9-11H2,(H,20,21)(H,22,23). The fourth-order valence-corrected chi connectivity index (χ4v) is 3.12. The zero-order valence-electron chi connectivity index (χ0n) is 13.3. The van der Waals surface area contributed by atoms with E-state index in [1.165, 1.54) is 0 Å². The first-order valence-corrected chi connectivity index (χ1v) is 8.07. The summed E-state index contributed by atoms with van der Waals surface area (Å²) in [4.78, 5) is 28.2. The van der Waals surface area contributed by atoms with Crippen molar-refractivity contribution in [2.24, 2.45) is 5.92 Å². The van der Waals surface area contributed by atoms with E-state index in [0.29, 0.717) is 13.2 Å². The smallest absolute Gasteiger partial charge is 0.326 e. The molecule has 6 heteroatoms. The molecule has 24 heavy (non-hydrogen) atoms. The van der Waals surface area contributed by atoms with Crippen LogP contribution >= 0.6 is 0 Å². The molecule has 3 rings (SSSR count). The SMILES string of the molecule is O=C(Cc1cccc2cccnc12)NC(C(=O)O)C1CCCOC1. The Bertz CT molecular complexity index is 735. The molecule has 2 N–H and O–H groups in total. The molecule has 1 saturated heterocycles. The van der Waals surface area contributed by atoms with Gasteiger partial charge in [-0.05, 0) is 24.5 Å². The molecule has 0 bridgehead atoms. The van der Waals surface area contributed by atoms with Crippen molar-refractivity contribution in [3.05, 3.63) is 42.1 Å². The van der Waals surface area contributed by atoms with Gasteiger partial charge in [-0.3, -0.25) is 9.78 Å². The van der Waals surface area contributed by atoms with Crippen LogP contribution in [0.25, 0.3) is 10.9 Å². The number of carbonyl (C=O) groups is 2. The van der Waals surface area contributed by atoms with E-state index in [2.05, 4.69) is 10.3 Å². The molecular weight excluding hydrogens is 308 g/mol. The molecule has 2 atom stereocenters. The van der Waals surface area contributed by atoms with Crippen LogP contribution in [0.3, 0.4) is 0 Å². The minimum atomic E-state index is -1.02. The molecule has 2 aromatic rings. The summed E-state index contributed by atoms with van der Waals surface area (Å²) >= 11 is 0. The molecule has 2 unspecified atom stereocenters. The van der Waals surface area contributed by atoms with Gasteiger partial charge < -0.3 is 15.2 Å². The van der Waals surface area contributed by atoms with E-state index in [9.17, 15) is 14.7 Å². The summed E-state index contributed by atoms with van der Waals surface area (Å²) in [6.45, 7) is 1.02. The molecule has 1 fully saturated rings. The van der Waals surface area contributed by atoms with Crippen molar-refractivity contribution in [1.82, 2.24) is 10.3 Å². The number of carbonyl (C=O) groups excluding carboxylic acids is 1. The van der Waals surface area contributed by atoms with E-state index in [1.54, 1.807) is 6.20 Å². The van der Waals surface area contributed by atoms with Crippen molar-refractivity contribution >= 4 is 22.8 Å². The summed E-state index contributed by atoms with van der Waals surface area (Å²) in [7, 11) is 0. The zero-order valence-corrected chi connectivity index (χ0v) is 13.3. The van der Waals surface area contributed by atoms with Crippen molar-refractivity contribution in [2.75, 3.05) is 13.2 Å². The molecule has 0 radical (unpaired) electrons. The Morgan fingerprint density at radius 1 is 1.33 bits per heavy atom. The van der Waals surface area contributed by atoms with Gasteiger partial charge in [0, 0.05) is 24.1 Å². The topological polar surface area (TPSA) is 88.5 Å². The summed E-state index contributed by atoms with van der Waals surface area (Å²) in [5.41, 5.74) is 1.55. The second-order valence-electron chi connectivity index (χ2n) is 6.03. The molecular formula is C18H20N2O4. The molecule has 1 aliphatic rings. The molecule has 1 amide bonds. The lowest BCUT2D eigenvalue weighted by molar-refractivity contribution is -0.145. The summed E-state index contributed by atoms with van der Waals surface area (Å²) < 4.78 is 5.35. The molecule has 1 aromatic heterocycles. The van der Waals surface area contributed by atoms with Crippen LogP contribution < -0.4 is 5.32 Å². The van der Waals surface area contributed by atoms with Gasteiger partial charge in [0.2, 0.25) is 5.91 Å². The number of nitrogens with one attached hydrogen (secondary N) is 1. The first-order chi connectivity index (χ1) is 11.6. The Morgan fingerprint density at radius 3 is 2.92 bits per heavy atom. The maximum atomic E-state index is 12.4. The van der Waals surface area contributed by atoms with E-state index < -0.39 is 12.0 Å². The molecule has 1 aliphatic heterocycles. The molecule has 6 nitrogen and oxygen atoms in total. The number of hydrogen-bond acceptors (Lipinski definition) is 4. The van der Waals surface area contributed by atoms with Crippen LogP contribution in [0.15, 0.2) is 36.5 Å². The highest BCUT2D eigenvalue weighted by molar-refractivity contribution is 5.89. The van der Waals surface area contributed by atoms with E-state index in [0.717, 1.165) is 29.3 Å².